The average Bonchev–Trinajstić information content (AvgIpc) is 3.29. The van der Waals surface area contributed by atoms with Crippen molar-refractivity contribution in [3.05, 3.63) is 94.9 Å². The molecule has 0 fully saturated rings. The lowest BCUT2D eigenvalue weighted by Gasteiger charge is -2.14. The molecule has 2 heterocycles. The highest BCUT2D eigenvalue weighted by atomic mass is 16.5. The molecular weight excluding hydrogens is 382 g/mol. The first kappa shape index (κ1) is 19.1. The maximum Gasteiger partial charge on any atom is 0.268 e. The summed E-state index contributed by atoms with van der Waals surface area (Å²) in [7, 11) is 1.54. The zero-order chi connectivity index (χ0) is 21.1. The third-order valence-corrected chi connectivity index (χ3v) is 4.66. The Morgan fingerprint density at radius 1 is 1.10 bits per heavy atom. The van der Waals surface area contributed by atoms with E-state index in [2.05, 4.69) is 15.4 Å². The van der Waals surface area contributed by atoms with Crippen molar-refractivity contribution in [1.82, 2.24) is 19.3 Å². The second-order valence-corrected chi connectivity index (χ2v) is 6.57. The number of anilines is 1. The number of para-hydroxylation sites is 2. The molecule has 0 unspecified atom stereocenters. The minimum atomic E-state index is -0.488. The number of methoxy groups -OCH3 is 1. The molecular formula is C22H19N5O3. The summed E-state index contributed by atoms with van der Waals surface area (Å²) in [6, 6.07) is 16.0. The Hall–Kier alpha value is -4.20. The van der Waals surface area contributed by atoms with Crippen LogP contribution in [0.25, 0.3) is 11.4 Å². The third-order valence-electron chi connectivity index (χ3n) is 4.66. The maximum atomic E-state index is 13.2. The number of pyridine rings is 1. The number of aromatic nitrogens is 4. The Labute approximate surface area is 172 Å². The first-order valence-corrected chi connectivity index (χ1v) is 9.20. The molecule has 1 amide bonds. The Kier molecular flexibility index (Phi) is 5.13. The highest BCUT2D eigenvalue weighted by Gasteiger charge is 2.18. The number of ether oxygens (including phenoxy) is 1. The lowest BCUT2D eigenvalue weighted by molar-refractivity contribution is 0.102. The highest BCUT2D eigenvalue weighted by Crippen LogP contribution is 2.21. The maximum absolute atomic E-state index is 13.2. The van der Waals surface area contributed by atoms with Crippen molar-refractivity contribution >= 4 is 11.6 Å². The van der Waals surface area contributed by atoms with Gasteiger partial charge in [-0.15, -0.1) is 0 Å². The molecule has 4 rings (SSSR count). The SMILES string of the molecule is COc1ccccc1-n1ccc(C)c(C(=O)Nc2cccc(-n3cncn3)c2)c1=O. The van der Waals surface area contributed by atoms with E-state index in [-0.39, 0.29) is 5.56 Å². The van der Waals surface area contributed by atoms with Crippen LogP contribution < -0.4 is 15.6 Å². The summed E-state index contributed by atoms with van der Waals surface area (Å²) in [5, 5.41) is 6.89. The molecule has 0 spiro atoms. The summed E-state index contributed by atoms with van der Waals surface area (Å²) >= 11 is 0. The van der Waals surface area contributed by atoms with Crippen LogP contribution in [0, 0.1) is 6.92 Å². The molecule has 2 aromatic heterocycles. The first-order chi connectivity index (χ1) is 14.6. The van der Waals surface area contributed by atoms with Crippen LogP contribution in [0.1, 0.15) is 15.9 Å². The molecule has 8 nitrogen and oxygen atoms in total. The topological polar surface area (TPSA) is 91.0 Å². The van der Waals surface area contributed by atoms with Gasteiger partial charge in [0.05, 0.1) is 18.5 Å². The summed E-state index contributed by atoms with van der Waals surface area (Å²) < 4.78 is 8.35. The smallest absolute Gasteiger partial charge is 0.268 e. The molecule has 8 heteroatoms. The normalized spacial score (nSPS) is 10.6. The van der Waals surface area contributed by atoms with E-state index in [0.29, 0.717) is 22.7 Å². The monoisotopic (exact) mass is 401 g/mol. The van der Waals surface area contributed by atoms with Crippen molar-refractivity contribution < 1.29 is 9.53 Å². The van der Waals surface area contributed by atoms with Gasteiger partial charge in [0, 0.05) is 11.9 Å². The fraction of sp³-hybridized carbons (Fsp3) is 0.0909. The number of amides is 1. The van der Waals surface area contributed by atoms with Gasteiger partial charge in [-0.3, -0.25) is 14.2 Å². The summed E-state index contributed by atoms with van der Waals surface area (Å²) in [6.07, 6.45) is 4.63. The van der Waals surface area contributed by atoms with Gasteiger partial charge in [0.2, 0.25) is 0 Å². The molecule has 1 N–H and O–H groups in total. The van der Waals surface area contributed by atoms with E-state index >= 15 is 0 Å². The van der Waals surface area contributed by atoms with Crippen LogP contribution in [0.5, 0.6) is 5.75 Å². The molecule has 30 heavy (non-hydrogen) atoms. The lowest BCUT2D eigenvalue weighted by atomic mass is 10.1. The molecule has 0 atom stereocenters. The summed E-state index contributed by atoms with van der Waals surface area (Å²) in [4.78, 5) is 30.1. The van der Waals surface area contributed by atoms with E-state index in [0.717, 1.165) is 5.69 Å². The van der Waals surface area contributed by atoms with Crippen molar-refractivity contribution in [2.75, 3.05) is 12.4 Å². The number of benzene rings is 2. The molecule has 0 bridgehead atoms. The van der Waals surface area contributed by atoms with Crippen LogP contribution in [0.4, 0.5) is 5.69 Å². The van der Waals surface area contributed by atoms with Gasteiger partial charge in [0.15, 0.2) is 0 Å². The van der Waals surface area contributed by atoms with Gasteiger partial charge in [-0.05, 0) is 48.9 Å². The standard InChI is InChI=1S/C22H19N5O3/c1-15-10-11-26(18-8-3-4-9-19(18)30-2)22(29)20(15)21(28)25-16-6-5-7-17(12-16)27-14-23-13-24-27/h3-14H,1-2H3,(H,25,28). The van der Waals surface area contributed by atoms with Crippen molar-refractivity contribution in [3.63, 3.8) is 0 Å². The van der Waals surface area contributed by atoms with Crippen molar-refractivity contribution in [1.29, 1.82) is 0 Å². The zero-order valence-corrected chi connectivity index (χ0v) is 16.4. The quantitative estimate of drug-likeness (QED) is 0.555. The lowest BCUT2D eigenvalue weighted by Crippen LogP contribution is -2.29. The molecule has 0 saturated heterocycles. The number of nitrogens with zero attached hydrogens (tertiary/aromatic N) is 4. The third kappa shape index (κ3) is 3.58. The Morgan fingerprint density at radius 2 is 1.93 bits per heavy atom. The minimum Gasteiger partial charge on any atom is -0.495 e. The number of hydrogen-bond donors (Lipinski definition) is 1. The van der Waals surface area contributed by atoms with Crippen molar-refractivity contribution in [2.45, 2.75) is 6.92 Å². The second kappa shape index (κ2) is 8.04. The van der Waals surface area contributed by atoms with E-state index in [1.54, 1.807) is 66.6 Å². The first-order valence-electron chi connectivity index (χ1n) is 9.20. The predicted molar refractivity (Wildman–Crippen MR) is 113 cm³/mol. The second-order valence-electron chi connectivity index (χ2n) is 6.57. The Balaban J connectivity index is 1.70. The van der Waals surface area contributed by atoms with E-state index < -0.39 is 11.5 Å². The number of hydrogen-bond acceptors (Lipinski definition) is 5. The zero-order valence-electron chi connectivity index (χ0n) is 16.4. The summed E-state index contributed by atoms with van der Waals surface area (Å²) in [6.45, 7) is 1.73. The van der Waals surface area contributed by atoms with Crippen molar-refractivity contribution in [2.24, 2.45) is 0 Å². The fourth-order valence-corrected chi connectivity index (χ4v) is 3.18. The molecule has 150 valence electrons. The van der Waals surface area contributed by atoms with Gasteiger partial charge >= 0.3 is 0 Å². The van der Waals surface area contributed by atoms with Gasteiger partial charge in [0.1, 0.15) is 24.0 Å². The molecule has 0 aliphatic carbocycles. The van der Waals surface area contributed by atoms with Crippen LogP contribution in [-0.4, -0.2) is 32.3 Å². The van der Waals surface area contributed by atoms with Crippen LogP contribution in [0.3, 0.4) is 0 Å². The Bertz CT molecular complexity index is 1260. The Morgan fingerprint density at radius 3 is 2.70 bits per heavy atom. The van der Waals surface area contributed by atoms with Gasteiger partial charge in [0.25, 0.3) is 11.5 Å². The predicted octanol–water partition coefficient (Wildman–Crippen LogP) is 2.99. The molecule has 4 aromatic rings. The van der Waals surface area contributed by atoms with Gasteiger partial charge in [-0.2, -0.15) is 5.10 Å². The minimum absolute atomic E-state index is 0.0644. The summed E-state index contributed by atoms with van der Waals surface area (Å²) in [5.41, 5.74) is 2.06. The number of rotatable bonds is 5. The highest BCUT2D eigenvalue weighted by molar-refractivity contribution is 6.05. The average molecular weight is 401 g/mol. The molecule has 0 aliphatic rings. The van der Waals surface area contributed by atoms with Crippen LogP contribution in [0.15, 0.2) is 78.2 Å². The number of carbonyl (C=O) groups is 1. The van der Waals surface area contributed by atoms with Gasteiger partial charge in [-0.1, -0.05) is 18.2 Å². The van der Waals surface area contributed by atoms with E-state index in [1.165, 1.54) is 18.0 Å². The molecule has 0 saturated carbocycles. The molecule has 0 radical (unpaired) electrons. The fourth-order valence-electron chi connectivity index (χ4n) is 3.18. The van der Waals surface area contributed by atoms with Crippen molar-refractivity contribution in [3.8, 4) is 17.1 Å². The molecule has 0 aliphatic heterocycles. The largest absolute Gasteiger partial charge is 0.495 e. The summed E-state index contributed by atoms with van der Waals surface area (Å²) in [5.74, 6) is 0.0489. The number of nitrogens with one attached hydrogen (secondary N) is 1. The van der Waals surface area contributed by atoms with Crippen LogP contribution in [0.2, 0.25) is 0 Å². The van der Waals surface area contributed by atoms with Crippen LogP contribution in [-0.2, 0) is 0 Å². The van der Waals surface area contributed by atoms with E-state index in [4.69, 9.17) is 4.74 Å². The number of carbonyl (C=O) groups excluding carboxylic acids is 1. The number of aryl methyl sites for hydroxylation is 1. The van der Waals surface area contributed by atoms with E-state index in [1.807, 2.05) is 12.1 Å². The van der Waals surface area contributed by atoms with Gasteiger partial charge in [-0.25, -0.2) is 9.67 Å². The molecule has 2 aromatic carbocycles. The van der Waals surface area contributed by atoms with E-state index in [9.17, 15) is 9.59 Å². The van der Waals surface area contributed by atoms with Crippen LogP contribution >= 0.6 is 0 Å². The van der Waals surface area contributed by atoms with Gasteiger partial charge < -0.3 is 10.1 Å².